The zero-order valence-electron chi connectivity index (χ0n) is 10.5. The SMILES string of the molecule is O=C(O)CN(CC(=O)O)C(=O)C1Cc2nc[nH]c2CN1. The molecule has 20 heavy (non-hydrogen) atoms. The fourth-order valence-corrected chi connectivity index (χ4v) is 2.10. The van der Waals surface area contributed by atoms with Gasteiger partial charge in [0, 0.05) is 13.0 Å². The van der Waals surface area contributed by atoms with Crippen LogP contribution in [0.2, 0.25) is 0 Å². The van der Waals surface area contributed by atoms with Crippen LogP contribution in [0.4, 0.5) is 0 Å². The molecular weight excluding hydrogens is 268 g/mol. The van der Waals surface area contributed by atoms with Gasteiger partial charge >= 0.3 is 11.9 Å². The number of aromatic nitrogens is 2. The van der Waals surface area contributed by atoms with Gasteiger partial charge in [-0.05, 0) is 0 Å². The molecule has 0 spiro atoms. The van der Waals surface area contributed by atoms with E-state index in [1.165, 1.54) is 6.33 Å². The van der Waals surface area contributed by atoms with E-state index >= 15 is 0 Å². The number of carboxylic acids is 2. The molecule has 1 aromatic heterocycles. The largest absolute Gasteiger partial charge is 0.480 e. The average Bonchev–Trinajstić information content (AvgIpc) is 2.83. The predicted octanol–water partition coefficient (Wildman–Crippen LogP) is -1.58. The lowest BCUT2D eigenvalue weighted by molar-refractivity contribution is -0.150. The third-order valence-corrected chi connectivity index (χ3v) is 2.99. The summed E-state index contributed by atoms with van der Waals surface area (Å²) in [6.45, 7) is -0.882. The fraction of sp³-hybridized carbons (Fsp3) is 0.455. The Kier molecular flexibility index (Phi) is 3.99. The highest BCUT2D eigenvalue weighted by Crippen LogP contribution is 2.13. The summed E-state index contributed by atoms with van der Waals surface area (Å²) in [6.07, 6.45) is 1.82. The highest BCUT2D eigenvalue weighted by atomic mass is 16.4. The number of hydrogen-bond acceptors (Lipinski definition) is 5. The van der Waals surface area contributed by atoms with Crippen molar-refractivity contribution < 1.29 is 24.6 Å². The van der Waals surface area contributed by atoms with Gasteiger partial charge in [0.05, 0.1) is 23.8 Å². The molecule has 2 rings (SSSR count). The van der Waals surface area contributed by atoms with Crippen molar-refractivity contribution in [2.45, 2.75) is 19.0 Å². The first-order valence-electron chi connectivity index (χ1n) is 5.94. The number of nitrogens with zero attached hydrogens (tertiary/aromatic N) is 2. The monoisotopic (exact) mass is 282 g/mol. The Hall–Kier alpha value is -2.42. The van der Waals surface area contributed by atoms with E-state index in [2.05, 4.69) is 15.3 Å². The summed E-state index contributed by atoms with van der Waals surface area (Å²) in [6, 6.07) is -0.663. The molecule has 0 aromatic carbocycles. The number of nitrogens with one attached hydrogen (secondary N) is 2. The van der Waals surface area contributed by atoms with E-state index in [-0.39, 0.29) is 0 Å². The van der Waals surface area contributed by atoms with Crippen molar-refractivity contribution >= 4 is 17.8 Å². The number of carbonyl (C=O) groups excluding carboxylic acids is 1. The van der Waals surface area contributed by atoms with Crippen LogP contribution in [0.3, 0.4) is 0 Å². The minimum Gasteiger partial charge on any atom is -0.480 e. The molecule has 0 aliphatic carbocycles. The average molecular weight is 282 g/mol. The van der Waals surface area contributed by atoms with Crippen molar-refractivity contribution in [3.63, 3.8) is 0 Å². The molecule has 0 bridgehead atoms. The first-order chi connectivity index (χ1) is 9.47. The summed E-state index contributed by atoms with van der Waals surface area (Å²) in [5.41, 5.74) is 1.60. The van der Waals surface area contributed by atoms with Gasteiger partial charge in [0.15, 0.2) is 0 Å². The van der Waals surface area contributed by atoms with E-state index in [4.69, 9.17) is 10.2 Å². The number of H-pyrrole nitrogens is 1. The van der Waals surface area contributed by atoms with Gasteiger partial charge in [-0.2, -0.15) is 0 Å². The molecule has 0 fully saturated rings. The van der Waals surface area contributed by atoms with Crippen LogP contribution in [0.5, 0.6) is 0 Å². The number of rotatable bonds is 5. The molecular formula is C11H14N4O5. The molecule has 1 atom stereocenters. The minimum atomic E-state index is -1.25. The van der Waals surface area contributed by atoms with Crippen LogP contribution in [-0.4, -0.2) is 62.1 Å². The van der Waals surface area contributed by atoms with E-state index < -0.39 is 37.0 Å². The topological polar surface area (TPSA) is 136 Å². The highest BCUT2D eigenvalue weighted by molar-refractivity contribution is 5.88. The smallest absolute Gasteiger partial charge is 0.323 e. The first kappa shape index (κ1) is 14.0. The number of aromatic amines is 1. The van der Waals surface area contributed by atoms with Gasteiger partial charge in [0.2, 0.25) is 5.91 Å². The molecule has 2 heterocycles. The van der Waals surface area contributed by atoms with Gasteiger partial charge < -0.3 is 20.1 Å². The second kappa shape index (κ2) is 5.70. The lowest BCUT2D eigenvalue weighted by atomic mass is 10.0. The van der Waals surface area contributed by atoms with E-state index in [0.717, 1.165) is 16.3 Å². The maximum Gasteiger partial charge on any atom is 0.323 e. The summed E-state index contributed by atoms with van der Waals surface area (Å²) in [7, 11) is 0. The Morgan fingerprint density at radius 1 is 1.30 bits per heavy atom. The lowest BCUT2D eigenvalue weighted by Gasteiger charge is -2.27. The standard InChI is InChI=1S/C11H14N4O5/c16-9(17)3-15(4-10(18)19)11(20)7-1-6-8(2-12-7)14-5-13-6/h5,7,12H,1-4H2,(H,13,14)(H,16,17)(H,18,19). The van der Waals surface area contributed by atoms with Crippen LogP contribution in [0.15, 0.2) is 6.33 Å². The van der Waals surface area contributed by atoms with Gasteiger partial charge in [0.1, 0.15) is 13.1 Å². The first-order valence-corrected chi connectivity index (χ1v) is 5.94. The van der Waals surface area contributed by atoms with Crippen molar-refractivity contribution in [3.05, 3.63) is 17.7 Å². The van der Waals surface area contributed by atoms with Crippen LogP contribution in [0.1, 0.15) is 11.4 Å². The summed E-state index contributed by atoms with van der Waals surface area (Å²) in [5.74, 6) is -3.06. The molecule has 1 aliphatic heterocycles. The van der Waals surface area contributed by atoms with Crippen molar-refractivity contribution in [1.82, 2.24) is 20.2 Å². The predicted molar refractivity (Wildman–Crippen MR) is 64.8 cm³/mol. The van der Waals surface area contributed by atoms with Gasteiger partial charge in [-0.15, -0.1) is 0 Å². The number of amides is 1. The maximum atomic E-state index is 12.2. The molecule has 0 saturated carbocycles. The molecule has 9 nitrogen and oxygen atoms in total. The zero-order chi connectivity index (χ0) is 14.7. The van der Waals surface area contributed by atoms with E-state index in [0.29, 0.717) is 13.0 Å². The molecule has 1 unspecified atom stereocenters. The van der Waals surface area contributed by atoms with Crippen molar-refractivity contribution in [1.29, 1.82) is 0 Å². The fourth-order valence-electron chi connectivity index (χ4n) is 2.10. The van der Waals surface area contributed by atoms with E-state index in [1.807, 2.05) is 0 Å². The molecule has 108 valence electrons. The number of carboxylic acid groups (broad SMARTS) is 2. The van der Waals surface area contributed by atoms with Crippen LogP contribution >= 0.6 is 0 Å². The molecule has 4 N–H and O–H groups in total. The number of imidazole rings is 1. The number of aliphatic carboxylic acids is 2. The Morgan fingerprint density at radius 2 is 1.95 bits per heavy atom. The van der Waals surface area contributed by atoms with Crippen LogP contribution in [-0.2, 0) is 27.3 Å². The zero-order valence-corrected chi connectivity index (χ0v) is 10.5. The summed E-state index contributed by atoms with van der Waals surface area (Å²) in [4.78, 5) is 41.4. The Morgan fingerprint density at radius 3 is 2.55 bits per heavy atom. The third-order valence-electron chi connectivity index (χ3n) is 2.99. The summed E-state index contributed by atoms with van der Waals surface area (Å²) < 4.78 is 0. The van der Waals surface area contributed by atoms with Crippen molar-refractivity contribution in [2.75, 3.05) is 13.1 Å². The Balaban J connectivity index is 2.08. The highest BCUT2D eigenvalue weighted by Gasteiger charge is 2.31. The van der Waals surface area contributed by atoms with Crippen LogP contribution in [0.25, 0.3) is 0 Å². The van der Waals surface area contributed by atoms with Gasteiger partial charge in [-0.1, -0.05) is 0 Å². The molecule has 0 radical (unpaired) electrons. The molecule has 1 aliphatic rings. The van der Waals surface area contributed by atoms with E-state index in [9.17, 15) is 14.4 Å². The van der Waals surface area contributed by atoms with E-state index in [1.54, 1.807) is 0 Å². The molecule has 0 saturated heterocycles. The van der Waals surface area contributed by atoms with Crippen molar-refractivity contribution in [2.24, 2.45) is 0 Å². The quantitative estimate of drug-likeness (QED) is 0.511. The molecule has 9 heteroatoms. The summed E-state index contributed by atoms with van der Waals surface area (Å²) >= 11 is 0. The summed E-state index contributed by atoms with van der Waals surface area (Å²) in [5, 5.41) is 20.4. The number of hydrogen-bond donors (Lipinski definition) is 4. The van der Waals surface area contributed by atoms with Crippen LogP contribution in [0, 0.1) is 0 Å². The van der Waals surface area contributed by atoms with Crippen molar-refractivity contribution in [3.8, 4) is 0 Å². The number of carbonyl (C=O) groups is 3. The van der Waals surface area contributed by atoms with Gasteiger partial charge in [-0.3, -0.25) is 19.7 Å². The normalized spacial score (nSPS) is 17.3. The Labute approximate surface area is 113 Å². The minimum absolute atomic E-state index is 0.299. The maximum absolute atomic E-state index is 12.2. The van der Waals surface area contributed by atoms with Gasteiger partial charge in [-0.25, -0.2) is 4.98 Å². The molecule has 1 aromatic rings. The van der Waals surface area contributed by atoms with Crippen LogP contribution < -0.4 is 5.32 Å². The second-order valence-corrected chi connectivity index (χ2v) is 4.45. The molecule has 1 amide bonds. The van der Waals surface area contributed by atoms with Gasteiger partial charge in [0.25, 0.3) is 0 Å². The Bertz CT molecular complexity index is 525. The number of fused-ring (bicyclic) bond motifs is 1. The second-order valence-electron chi connectivity index (χ2n) is 4.45. The lowest BCUT2D eigenvalue weighted by Crippen LogP contribution is -2.52. The third kappa shape index (κ3) is 3.12.